The highest BCUT2D eigenvalue weighted by molar-refractivity contribution is 7.22. The number of ketones is 1. The number of amides is 2. The molecule has 3 aromatic heterocycles. The number of likely N-dealkylation sites (tertiary alicyclic amines) is 1. The number of thiophene rings is 1. The van der Waals surface area contributed by atoms with E-state index in [1.54, 1.807) is 24.4 Å². The summed E-state index contributed by atoms with van der Waals surface area (Å²) in [5.74, 6) is 0.842. The van der Waals surface area contributed by atoms with Crippen LogP contribution < -0.4 is 15.4 Å². The van der Waals surface area contributed by atoms with Gasteiger partial charge in [0.15, 0.2) is 11.6 Å². The van der Waals surface area contributed by atoms with Crippen molar-refractivity contribution in [2.45, 2.75) is 64.5 Å². The number of carbonyl (C=O) groups excluding carboxylic acids is 2. The zero-order chi connectivity index (χ0) is 30.5. The average molecular weight is 616 g/mol. The van der Waals surface area contributed by atoms with Gasteiger partial charge < -0.3 is 15.4 Å². The molecule has 0 spiro atoms. The Morgan fingerprint density at radius 2 is 1.84 bits per heavy atom. The Morgan fingerprint density at radius 3 is 2.57 bits per heavy atom. The monoisotopic (exact) mass is 615 g/mol. The number of benzene rings is 1. The van der Waals surface area contributed by atoms with Gasteiger partial charge in [-0.15, -0.1) is 11.3 Å². The first kappa shape index (κ1) is 30.1. The minimum atomic E-state index is -0.487. The molecule has 4 aromatic rings. The van der Waals surface area contributed by atoms with Crippen LogP contribution >= 0.6 is 11.3 Å². The number of rotatable bonds is 12. The molecule has 8 nitrogen and oxygen atoms in total. The molecule has 1 saturated carbocycles. The lowest BCUT2D eigenvalue weighted by Crippen LogP contribution is -2.47. The molecule has 2 amide bonds. The van der Waals surface area contributed by atoms with Crippen LogP contribution in [0.4, 0.5) is 9.18 Å². The van der Waals surface area contributed by atoms with Crippen LogP contribution in [-0.4, -0.2) is 52.4 Å². The van der Waals surface area contributed by atoms with E-state index in [4.69, 9.17) is 9.72 Å². The third kappa shape index (κ3) is 7.78. The molecular formula is C34H38FN5O3S. The van der Waals surface area contributed by atoms with E-state index in [9.17, 15) is 14.0 Å². The number of hydrogen-bond acceptors (Lipinski definition) is 7. The van der Waals surface area contributed by atoms with Gasteiger partial charge in [-0.25, -0.2) is 9.18 Å². The number of pyridine rings is 2. The smallest absolute Gasteiger partial charge is 0.315 e. The van der Waals surface area contributed by atoms with Gasteiger partial charge in [0, 0.05) is 63.5 Å². The number of Topliss-reactive ketones (excluding diaryl/α,β-unsaturated/α-hetero) is 1. The fraction of sp³-hybridized carbons (Fsp3) is 0.412. The maximum atomic E-state index is 15.0. The Hall–Kier alpha value is -3.89. The molecule has 0 bridgehead atoms. The van der Waals surface area contributed by atoms with Gasteiger partial charge in [0.25, 0.3) is 0 Å². The molecule has 4 heterocycles. The highest BCUT2D eigenvalue weighted by Gasteiger charge is 2.24. The molecule has 1 saturated heterocycles. The van der Waals surface area contributed by atoms with Crippen molar-refractivity contribution in [1.29, 1.82) is 0 Å². The maximum Gasteiger partial charge on any atom is 0.315 e. The van der Waals surface area contributed by atoms with Crippen molar-refractivity contribution < 1.29 is 18.7 Å². The molecule has 44 heavy (non-hydrogen) atoms. The summed E-state index contributed by atoms with van der Waals surface area (Å²) in [6, 6.07) is 12.7. The van der Waals surface area contributed by atoms with E-state index in [2.05, 4.69) is 26.6 Å². The Labute approximate surface area is 261 Å². The molecule has 230 valence electrons. The summed E-state index contributed by atoms with van der Waals surface area (Å²) in [6.45, 7) is 5.39. The largest absolute Gasteiger partial charge is 0.453 e. The molecule has 1 aliphatic carbocycles. The van der Waals surface area contributed by atoms with Crippen molar-refractivity contribution in [3.05, 3.63) is 71.8 Å². The van der Waals surface area contributed by atoms with Crippen molar-refractivity contribution in [2.75, 3.05) is 19.6 Å². The van der Waals surface area contributed by atoms with Crippen molar-refractivity contribution in [3.63, 3.8) is 0 Å². The zero-order valence-corrected chi connectivity index (χ0v) is 25.8. The summed E-state index contributed by atoms with van der Waals surface area (Å²) in [5.41, 5.74) is 3.41. The van der Waals surface area contributed by atoms with Crippen molar-refractivity contribution in [1.82, 2.24) is 25.5 Å². The van der Waals surface area contributed by atoms with Crippen molar-refractivity contribution in [3.8, 4) is 22.1 Å². The number of carbonyl (C=O) groups is 2. The fourth-order valence-electron chi connectivity index (χ4n) is 5.55. The SMILES string of the molecule is CCCNC(=O)NC1CCN(Cc2ccc(-c3cc4nccc(Oc5ccc(CC(=O)CC6CC6)cc5F)c4s3)nc2)CC1. The highest BCUT2D eigenvalue weighted by atomic mass is 32.1. The molecule has 2 aliphatic rings. The zero-order valence-electron chi connectivity index (χ0n) is 25.0. The van der Waals surface area contributed by atoms with Crippen LogP contribution in [0.1, 0.15) is 56.6 Å². The van der Waals surface area contributed by atoms with Crippen LogP contribution in [0.25, 0.3) is 20.8 Å². The normalized spacial score (nSPS) is 15.8. The Bertz CT molecular complexity index is 1610. The number of halogens is 1. The van der Waals surface area contributed by atoms with E-state index >= 15 is 0 Å². The molecule has 0 atom stereocenters. The summed E-state index contributed by atoms with van der Waals surface area (Å²) in [6.07, 6.45) is 9.45. The van der Waals surface area contributed by atoms with E-state index in [-0.39, 0.29) is 30.0 Å². The minimum absolute atomic E-state index is 0.0746. The highest BCUT2D eigenvalue weighted by Crippen LogP contribution is 2.39. The van der Waals surface area contributed by atoms with Crippen molar-refractivity contribution in [2.24, 2.45) is 5.92 Å². The Kier molecular flexibility index (Phi) is 9.47. The number of fused-ring (bicyclic) bond motifs is 1. The van der Waals surface area contributed by atoms with Gasteiger partial charge >= 0.3 is 6.03 Å². The Morgan fingerprint density at radius 1 is 1.02 bits per heavy atom. The molecule has 6 rings (SSSR count). The quantitative estimate of drug-likeness (QED) is 0.181. The summed E-state index contributed by atoms with van der Waals surface area (Å²) < 4.78 is 21.8. The van der Waals surface area contributed by atoms with Gasteiger partial charge in [0.1, 0.15) is 11.5 Å². The fourth-order valence-corrected chi connectivity index (χ4v) is 6.60. The number of urea groups is 1. The lowest BCUT2D eigenvalue weighted by atomic mass is 10.0. The summed E-state index contributed by atoms with van der Waals surface area (Å²) in [4.78, 5) is 36.7. The first-order chi connectivity index (χ1) is 21.4. The first-order valence-corrected chi connectivity index (χ1v) is 16.3. The number of piperidine rings is 1. The van der Waals surface area contributed by atoms with E-state index in [1.165, 1.54) is 17.4 Å². The van der Waals surface area contributed by atoms with Gasteiger partial charge in [-0.1, -0.05) is 19.1 Å². The molecule has 10 heteroatoms. The molecular weight excluding hydrogens is 577 g/mol. The average Bonchev–Trinajstić information content (AvgIpc) is 3.72. The molecule has 2 N–H and O–H groups in total. The van der Waals surface area contributed by atoms with E-state index < -0.39 is 5.82 Å². The lowest BCUT2D eigenvalue weighted by Gasteiger charge is -2.32. The second-order valence-corrected chi connectivity index (χ2v) is 12.9. The van der Waals surface area contributed by atoms with Gasteiger partial charge in [-0.3, -0.25) is 19.7 Å². The van der Waals surface area contributed by atoms with Crippen LogP contribution in [0.15, 0.2) is 54.9 Å². The number of nitrogens with one attached hydrogen (secondary N) is 2. The summed E-state index contributed by atoms with van der Waals surface area (Å²) in [5, 5.41) is 5.96. The Balaban J connectivity index is 1.06. The van der Waals surface area contributed by atoms with Crippen LogP contribution in [0.2, 0.25) is 0 Å². The second kappa shape index (κ2) is 13.8. The van der Waals surface area contributed by atoms with Gasteiger partial charge in [-0.05, 0) is 73.4 Å². The molecule has 1 aliphatic heterocycles. The summed E-state index contributed by atoms with van der Waals surface area (Å²) >= 11 is 1.51. The number of hydrogen-bond donors (Lipinski definition) is 2. The molecule has 0 radical (unpaired) electrons. The molecule has 1 aromatic carbocycles. The van der Waals surface area contributed by atoms with Gasteiger partial charge in [-0.2, -0.15) is 0 Å². The van der Waals surface area contributed by atoms with Crippen molar-refractivity contribution >= 4 is 33.4 Å². The van der Waals surface area contributed by atoms with E-state index in [0.29, 0.717) is 30.2 Å². The topological polar surface area (TPSA) is 96.5 Å². The number of aromatic nitrogens is 2. The summed E-state index contributed by atoms with van der Waals surface area (Å²) in [7, 11) is 0. The number of ether oxygens (including phenoxy) is 1. The van der Waals surface area contributed by atoms with Crippen LogP contribution in [0.3, 0.4) is 0 Å². The van der Waals surface area contributed by atoms with Gasteiger partial charge in [0.2, 0.25) is 0 Å². The third-order valence-corrected chi connectivity index (χ3v) is 9.31. The van der Waals surface area contributed by atoms with E-state index in [0.717, 1.165) is 78.1 Å². The minimum Gasteiger partial charge on any atom is -0.453 e. The molecule has 2 fully saturated rings. The van der Waals surface area contributed by atoms with Crippen LogP contribution in [0.5, 0.6) is 11.5 Å². The number of nitrogens with zero attached hydrogens (tertiary/aromatic N) is 3. The lowest BCUT2D eigenvalue weighted by molar-refractivity contribution is -0.118. The van der Waals surface area contributed by atoms with E-state index in [1.807, 2.05) is 25.3 Å². The maximum absolute atomic E-state index is 15.0. The third-order valence-electron chi connectivity index (χ3n) is 8.15. The van der Waals surface area contributed by atoms with Gasteiger partial charge in [0.05, 0.1) is 20.8 Å². The standard InChI is InChI=1S/C34H38FN5O3S/c1-2-12-37-34(42)39-25-10-14-40(15-11-25)21-24-5-7-28(38-20-24)32-19-29-33(44-32)31(9-13-36-29)43-30-8-6-23(18-27(30)35)17-26(41)16-22-3-4-22/h5-9,13,18-20,22,25H,2-4,10-12,14-17,21H2,1H3,(H2,37,39,42). The molecule has 0 unspecified atom stereocenters. The predicted octanol–water partition coefficient (Wildman–Crippen LogP) is 6.88. The van der Waals surface area contributed by atoms with Crippen LogP contribution in [0, 0.1) is 11.7 Å². The second-order valence-electron chi connectivity index (χ2n) is 11.9. The first-order valence-electron chi connectivity index (χ1n) is 15.5. The predicted molar refractivity (Wildman–Crippen MR) is 171 cm³/mol. The van der Waals surface area contributed by atoms with Crippen LogP contribution in [-0.2, 0) is 17.8 Å².